The molecule has 5 nitrogen and oxygen atoms in total. The SMILES string of the molecule is O=C1OC2CC(n3nc4c(n3)C3CCCCC3C=C4)CCC2C=C1C1CCCCC1. The van der Waals surface area contributed by atoms with Crippen LogP contribution in [0.4, 0.5) is 0 Å². The van der Waals surface area contributed by atoms with Gasteiger partial charge in [-0.2, -0.15) is 15.0 Å². The Balaban J connectivity index is 1.19. The number of hydrogen-bond acceptors (Lipinski definition) is 4. The van der Waals surface area contributed by atoms with E-state index < -0.39 is 0 Å². The Morgan fingerprint density at radius 1 is 0.900 bits per heavy atom. The molecule has 0 saturated heterocycles. The Kier molecular flexibility index (Phi) is 4.80. The average Bonchev–Trinajstić information content (AvgIpc) is 3.24. The molecular formula is C25H33N3O2. The van der Waals surface area contributed by atoms with Gasteiger partial charge >= 0.3 is 5.97 Å². The number of hydrogen-bond donors (Lipinski definition) is 0. The molecule has 1 aromatic rings. The van der Waals surface area contributed by atoms with Crippen LogP contribution >= 0.6 is 0 Å². The fourth-order valence-electron chi connectivity index (χ4n) is 6.72. The molecule has 4 aliphatic carbocycles. The van der Waals surface area contributed by atoms with Crippen LogP contribution in [0, 0.1) is 17.8 Å². The van der Waals surface area contributed by atoms with Crippen LogP contribution < -0.4 is 0 Å². The second kappa shape index (κ2) is 7.65. The van der Waals surface area contributed by atoms with E-state index in [0.29, 0.717) is 23.7 Å². The number of nitrogens with zero attached hydrogens (tertiary/aromatic N) is 3. The van der Waals surface area contributed by atoms with Gasteiger partial charge in [0.1, 0.15) is 11.8 Å². The Bertz CT molecular complexity index is 879. The van der Waals surface area contributed by atoms with E-state index in [-0.39, 0.29) is 18.1 Å². The maximum absolute atomic E-state index is 12.8. The third-order valence-corrected chi connectivity index (χ3v) is 8.43. The zero-order chi connectivity index (χ0) is 20.1. The third-order valence-electron chi connectivity index (χ3n) is 8.43. The van der Waals surface area contributed by atoms with Crippen molar-refractivity contribution in [2.45, 2.75) is 95.1 Å². The number of carbonyl (C=O) groups is 1. The first kappa shape index (κ1) is 18.8. The van der Waals surface area contributed by atoms with E-state index in [1.807, 2.05) is 4.80 Å². The number of ether oxygens (including phenoxy) is 1. The average molecular weight is 408 g/mol. The number of allylic oxidation sites excluding steroid dienone is 1. The summed E-state index contributed by atoms with van der Waals surface area (Å²) in [5, 5.41) is 9.88. The minimum absolute atomic E-state index is 0.00964. The van der Waals surface area contributed by atoms with Crippen molar-refractivity contribution in [1.82, 2.24) is 15.0 Å². The molecule has 5 atom stereocenters. The number of aromatic nitrogens is 3. The van der Waals surface area contributed by atoms with E-state index in [2.05, 4.69) is 18.2 Å². The fraction of sp³-hybridized carbons (Fsp3) is 0.720. The molecule has 3 saturated carbocycles. The van der Waals surface area contributed by atoms with Crippen LogP contribution in [0.15, 0.2) is 17.7 Å². The Labute approximate surface area is 178 Å². The third kappa shape index (κ3) is 3.25. The zero-order valence-electron chi connectivity index (χ0n) is 17.8. The van der Waals surface area contributed by atoms with Crippen molar-refractivity contribution in [3.63, 3.8) is 0 Å². The van der Waals surface area contributed by atoms with Crippen molar-refractivity contribution in [3.05, 3.63) is 29.1 Å². The molecule has 0 spiro atoms. The summed E-state index contributed by atoms with van der Waals surface area (Å²) in [6, 6.07) is 0.240. The van der Waals surface area contributed by atoms with Crippen LogP contribution in [0.3, 0.4) is 0 Å². The molecular weight excluding hydrogens is 374 g/mol. The first-order chi connectivity index (χ1) is 14.8. The van der Waals surface area contributed by atoms with Gasteiger partial charge in [-0.3, -0.25) is 0 Å². The molecule has 0 aromatic carbocycles. The van der Waals surface area contributed by atoms with Crippen LogP contribution in [-0.2, 0) is 9.53 Å². The lowest BCUT2D eigenvalue weighted by Gasteiger charge is -2.38. The second-order valence-corrected chi connectivity index (χ2v) is 10.2. The molecule has 5 aliphatic rings. The van der Waals surface area contributed by atoms with Crippen LogP contribution in [0.2, 0.25) is 0 Å². The second-order valence-electron chi connectivity index (χ2n) is 10.2. The normalized spacial score (nSPS) is 36.3. The van der Waals surface area contributed by atoms with Gasteiger partial charge in [-0.25, -0.2) is 4.79 Å². The Morgan fingerprint density at radius 2 is 1.73 bits per heavy atom. The maximum Gasteiger partial charge on any atom is 0.334 e. The molecule has 0 amide bonds. The van der Waals surface area contributed by atoms with Gasteiger partial charge in [-0.05, 0) is 56.4 Å². The molecule has 0 radical (unpaired) electrons. The fourth-order valence-corrected chi connectivity index (χ4v) is 6.72. The van der Waals surface area contributed by atoms with Gasteiger partial charge in [-0.15, -0.1) is 0 Å². The first-order valence-corrected chi connectivity index (χ1v) is 12.3. The number of carbonyl (C=O) groups excluding carboxylic acids is 1. The summed E-state index contributed by atoms with van der Waals surface area (Å²) in [4.78, 5) is 14.7. The predicted octanol–water partition coefficient (Wildman–Crippen LogP) is 5.35. The molecule has 30 heavy (non-hydrogen) atoms. The summed E-state index contributed by atoms with van der Waals surface area (Å²) in [7, 11) is 0. The van der Waals surface area contributed by atoms with Gasteiger partial charge in [0.25, 0.3) is 0 Å². The smallest absolute Gasteiger partial charge is 0.334 e. The van der Waals surface area contributed by atoms with Gasteiger partial charge < -0.3 is 4.74 Å². The predicted molar refractivity (Wildman–Crippen MR) is 115 cm³/mol. The minimum atomic E-state index is -0.0514. The van der Waals surface area contributed by atoms with Crippen molar-refractivity contribution in [1.29, 1.82) is 0 Å². The van der Waals surface area contributed by atoms with E-state index in [9.17, 15) is 4.79 Å². The molecule has 5 heteroatoms. The monoisotopic (exact) mass is 407 g/mol. The highest BCUT2D eigenvalue weighted by Gasteiger charge is 2.40. The van der Waals surface area contributed by atoms with Crippen molar-refractivity contribution in [3.8, 4) is 0 Å². The highest BCUT2D eigenvalue weighted by molar-refractivity contribution is 5.90. The lowest BCUT2D eigenvalue weighted by Crippen LogP contribution is -2.39. The summed E-state index contributed by atoms with van der Waals surface area (Å²) in [6.45, 7) is 0. The molecule has 2 heterocycles. The van der Waals surface area contributed by atoms with Crippen LogP contribution in [-0.4, -0.2) is 27.1 Å². The molecule has 5 unspecified atom stereocenters. The van der Waals surface area contributed by atoms with Crippen molar-refractivity contribution < 1.29 is 9.53 Å². The molecule has 1 aromatic heterocycles. The Morgan fingerprint density at radius 3 is 2.63 bits per heavy atom. The van der Waals surface area contributed by atoms with Gasteiger partial charge in [0.15, 0.2) is 0 Å². The molecule has 160 valence electrons. The van der Waals surface area contributed by atoms with Crippen molar-refractivity contribution in [2.75, 3.05) is 0 Å². The van der Waals surface area contributed by atoms with E-state index in [4.69, 9.17) is 14.9 Å². The molecule has 0 bridgehead atoms. The van der Waals surface area contributed by atoms with Crippen molar-refractivity contribution in [2.24, 2.45) is 17.8 Å². The lowest BCUT2D eigenvalue weighted by molar-refractivity contribution is -0.151. The quantitative estimate of drug-likeness (QED) is 0.620. The highest BCUT2D eigenvalue weighted by Crippen LogP contribution is 2.44. The Hall–Kier alpha value is -1.91. The lowest BCUT2D eigenvalue weighted by atomic mass is 9.74. The molecule has 3 fully saturated rings. The number of esters is 1. The van der Waals surface area contributed by atoms with Crippen LogP contribution in [0.1, 0.15) is 100 Å². The topological polar surface area (TPSA) is 57.0 Å². The maximum atomic E-state index is 12.8. The molecule has 1 aliphatic heterocycles. The zero-order valence-corrected chi connectivity index (χ0v) is 17.8. The van der Waals surface area contributed by atoms with Gasteiger partial charge in [0, 0.05) is 23.8 Å². The highest BCUT2D eigenvalue weighted by atomic mass is 16.5. The summed E-state index contributed by atoms with van der Waals surface area (Å²) >= 11 is 0. The number of fused-ring (bicyclic) bond motifs is 4. The van der Waals surface area contributed by atoms with E-state index in [0.717, 1.165) is 43.4 Å². The van der Waals surface area contributed by atoms with Gasteiger partial charge in [-0.1, -0.05) is 44.3 Å². The largest absolute Gasteiger partial charge is 0.458 e. The summed E-state index contributed by atoms with van der Waals surface area (Å²) < 4.78 is 6.01. The van der Waals surface area contributed by atoms with E-state index in [1.165, 1.54) is 50.6 Å². The summed E-state index contributed by atoms with van der Waals surface area (Å²) in [5.74, 6) is 1.96. The van der Waals surface area contributed by atoms with Gasteiger partial charge in [0.05, 0.1) is 11.7 Å². The minimum Gasteiger partial charge on any atom is -0.458 e. The van der Waals surface area contributed by atoms with E-state index in [1.54, 1.807) is 0 Å². The van der Waals surface area contributed by atoms with Crippen LogP contribution in [0.5, 0.6) is 0 Å². The summed E-state index contributed by atoms with van der Waals surface area (Å²) in [6.07, 6.45) is 21.1. The van der Waals surface area contributed by atoms with E-state index >= 15 is 0 Å². The van der Waals surface area contributed by atoms with Gasteiger partial charge in [0.2, 0.25) is 0 Å². The van der Waals surface area contributed by atoms with Crippen molar-refractivity contribution >= 4 is 12.0 Å². The standard InChI is InChI=1S/C25H33N3O2/c29-25-21(16-6-2-1-3-7-16)14-18-10-12-19(15-23(18)30-25)28-26-22-13-11-17-8-4-5-9-20(17)24(22)27-28/h11,13-14,16-20,23H,1-10,12,15H2. The first-order valence-electron chi connectivity index (χ1n) is 12.3. The molecule has 6 rings (SSSR count). The summed E-state index contributed by atoms with van der Waals surface area (Å²) in [5.41, 5.74) is 3.26. The van der Waals surface area contributed by atoms with Crippen LogP contribution in [0.25, 0.3) is 6.08 Å². The molecule has 0 N–H and O–H groups in total. The number of rotatable bonds is 2.